The molecule has 0 spiro atoms. The van der Waals surface area contributed by atoms with Crippen LogP contribution in [0, 0.1) is 5.82 Å². The fraction of sp³-hybridized carbons (Fsp3) is 0.294. The predicted octanol–water partition coefficient (Wildman–Crippen LogP) is 2.77. The Hall–Kier alpha value is -1.75. The van der Waals surface area contributed by atoms with Crippen molar-refractivity contribution in [1.82, 2.24) is 10.4 Å². The lowest BCUT2D eigenvalue weighted by molar-refractivity contribution is 0.121. The molecular formula is C17H19FN2O. The topological polar surface area (TPSA) is 35.5 Å². The standard InChI is InChI=1S/C17H19FN2O/c18-16-9-5-4-8-14(16)15-11-20(12-17(15)19-21)10-13-6-2-1-3-7-13/h1-9,15,17,19,21H,10-12H2/t15-,17+/m1/s1. The third-order valence-corrected chi connectivity index (χ3v) is 4.12. The van der Waals surface area contributed by atoms with Gasteiger partial charge < -0.3 is 5.21 Å². The third kappa shape index (κ3) is 3.13. The highest BCUT2D eigenvalue weighted by atomic mass is 19.1. The van der Waals surface area contributed by atoms with Crippen LogP contribution in [0.1, 0.15) is 17.0 Å². The van der Waals surface area contributed by atoms with E-state index in [1.54, 1.807) is 12.1 Å². The molecule has 1 saturated heterocycles. The lowest BCUT2D eigenvalue weighted by Crippen LogP contribution is -2.33. The van der Waals surface area contributed by atoms with Gasteiger partial charge in [0.2, 0.25) is 0 Å². The van der Waals surface area contributed by atoms with Gasteiger partial charge in [0.15, 0.2) is 0 Å². The van der Waals surface area contributed by atoms with Crippen molar-refractivity contribution >= 4 is 0 Å². The highest BCUT2D eigenvalue weighted by molar-refractivity contribution is 5.26. The second-order valence-corrected chi connectivity index (χ2v) is 5.54. The molecule has 2 aromatic carbocycles. The Morgan fingerprint density at radius 3 is 2.48 bits per heavy atom. The molecule has 0 aromatic heterocycles. The number of benzene rings is 2. The Kier molecular flexibility index (Phi) is 4.29. The van der Waals surface area contributed by atoms with E-state index in [2.05, 4.69) is 22.5 Å². The van der Waals surface area contributed by atoms with Crippen molar-refractivity contribution in [3.63, 3.8) is 0 Å². The molecule has 2 N–H and O–H groups in total. The fourth-order valence-corrected chi connectivity index (χ4v) is 3.08. The second-order valence-electron chi connectivity index (χ2n) is 5.54. The molecule has 4 heteroatoms. The molecule has 1 aliphatic heterocycles. The minimum absolute atomic E-state index is 0.0417. The number of nitrogens with one attached hydrogen (secondary N) is 1. The summed E-state index contributed by atoms with van der Waals surface area (Å²) in [6.07, 6.45) is 0. The van der Waals surface area contributed by atoms with E-state index in [0.717, 1.165) is 13.1 Å². The molecule has 0 bridgehead atoms. The summed E-state index contributed by atoms with van der Waals surface area (Å²) in [5.41, 5.74) is 4.24. The molecule has 0 saturated carbocycles. The van der Waals surface area contributed by atoms with E-state index in [-0.39, 0.29) is 17.8 Å². The summed E-state index contributed by atoms with van der Waals surface area (Å²) in [6.45, 7) is 2.24. The molecule has 2 atom stereocenters. The number of rotatable bonds is 4. The Bertz CT molecular complexity index is 590. The van der Waals surface area contributed by atoms with Crippen molar-refractivity contribution < 1.29 is 9.60 Å². The zero-order chi connectivity index (χ0) is 14.7. The number of hydrogen-bond donors (Lipinski definition) is 2. The zero-order valence-electron chi connectivity index (χ0n) is 11.7. The summed E-state index contributed by atoms with van der Waals surface area (Å²) >= 11 is 0. The zero-order valence-corrected chi connectivity index (χ0v) is 11.7. The van der Waals surface area contributed by atoms with Gasteiger partial charge in [0.1, 0.15) is 5.82 Å². The van der Waals surface area contributed by atoms with Crippen LogP contribution in [0.15, 0.2) is 54.6 Å². The number of halogens is 1. The van der Waals surface area contributed by atoms with Crippen LogP contribution in [0.2, 0.25) is 0 Å². The van der Waals surface area contributed by atoms with Crippen molar-refractivity contribution in [2.75, 3.05) is 13.1 Å². The number of nitrogens with zero attached hydrogens (tertiary/aromatic N) is 1. The van der Waals surface area contributed by atoms with Crippen LogP contribution in [0.25, 0.3) is 0 Å². The number of likely N-dealkylation sites (tertiary alicyclic amines) is 1. The molecule has 21 heavy (non-hydrogen) atoms. The predicted molar refractivity (Wildman–Crippen MR) is 79.6 cm³/mol. The van der Waals surface area contributed by atoms with Crippen LogP contribution in [-0.2, 0) is 6.54 Å². The molecule has 1 fully saturated rings. The molecule has 110 valence electrons. The molecule has 3 nitrogen and oxygen atoms in total. The average Bonchev–Trinajstić information content (AvgIpc) is 2.91. The molecule has 1 heterocycles. The van der Waals surface area contributed by atoms with Gasteiger partial charge in [-0.05, 0) is 17.2 Å². The first-order chi connectivity index (χ1) is 10.3. The lowest BCUT2D eigenvalue weighted by Gasteiger charge is -2.17. The summed E-state index contributed by atoms with van der Waals surface area (Å²) in [5, 5.41) is 9.37. The van der Waals surface area contributed by atoms with Gasteiger partial charge in [0.05, 0.1) is 6.04 Å². The van der Waals surface area contributed by atoms with Crippen LogP contribution in [0.3, 0.4) is 0 Å². The molecule has 0 amide bonds. The summed E-state index contributed by atoms with van der Waals surface area (Å²) < 4.78 is 14.0. The van der Waals surface area contributed by atoms with Gasteiger partial charge in [-0.2, -0.15) is 0 Å². The van der Waals surface area contributed by atoms with E-state index in [9.17, 15) is 9.60 Å². The maximum atomic E-state index is 14.0. The van der Waals surface area contributed by atoms with Gasteiger partial charge in [-0.15, -0.1) is 0 Å². The van der Waals surface area contributed by atoms with Crippen LogP contribution in [0.5, 0.6) is 0 Å². The van der Waals surface area contributed by atoms with Crippen molar-refractivity contribution in [1.29, 1.82) is 0 Å². The molecule has 3 rings (SSSR count). The third-order valence-electron chi connectivity index (χ3n) is 4.12. The van der Waals surface area contributed by atoms with Gasteiger partial charge >= 0.3 is 0 Å². The second kappa shape index (κ2) is 6.35. The van der Waals surface area contributed by atoms with Gasteiger partial charge in [0.25, 0.3) is 0 Å². The minimum Gasteiger partial charge on any atom is -0.316 e. The smallest absolute Gasteiger partial charge is 0.126 e. The molecule has 1 aliphatic rings. The van der Waals surface area contributed by atoms with E-state index < -0.39 is 0 Å². The van der Waals surface area contributed by atoms with Gasteiger partial charge in [-0.25, -0.2) is 9.87 Å². The van der Waals surface area contributed by atoms with E-state index in [0.29, 0.717) is 12.1 Å². The van der Waals surface area contributed by atoms with Gasteiger partial charge in [0, 0.05) is 25.6 Å². The minimum atomic E-state index is -0.204. The summed E-state index contributed by atoms with van der Waals surface area (Å²) in [5.74, 6) is -0.246. The molecule has 0 unspecified atom stereocenters. The van der Waals surface area contributed by atoms with E-state index >= 15 is 0 Å². The monoisotopic (exact) mass is 286 g/mol. The quantitative estimate of drug-likeness (QED) is 0.848. The van der Waals surface area contributed by atoms with Crippen LogP contribution in [-0.4, -0.2) is 29.2 Å². The van der Waals surface area contributed by atoms with Crippen LogP contribution in [0.4, 0.5) is 4.39 Å². The lowest BCUT2D eigenvalue weighted by atomic mass is 9.94. The summed E-state index contributed by atoms with van der Waals surface area (Å²) in [4.78, 5) is 2.24. The first-order valence-corrected chi connectivity index (χ1v) is 7.18. The first-order valence-electron chi connectivity index (χ1n) is 7.18. The fourth-order valence-electron chi connectivity index (χ4n) is 3.08. The van der Waals surface area contributed by atoms with E-state index in [1.165, 1.54) is 11.6 Å². The van der Waals surface area contributed by atoms with Gasteiger partial charge in [-0.3, -0.25) is 4.90 Å². The largest absolute Gasteiger partial charge is 0.316 e. The maximum Gasteiger partial charge on any atom is 0.126 e. The number of hydrogen-bond acceptors (Lipinski definition) is 3. The summed E-state index contributed by atoms with van der Waals surface area (Å²) in [7, 11) is 0. The highest BCUT2D eigenvalue weighted by Gasteiger charge is 2.34. The molecule has 0 radical (unpaired) electrons. The van der Waals surface area contributed by atoms with Crippen LogP contribution < -0.4 is 5.48 Å². The normalized spacial score (nSPS) is 22.6. The first kappa shape index (κ1) is 14.2. The van der Waals surface area contributed by atoms with Gasteiger partial charge in [-0.1, -0.05) is 48.5 Å². The van der Waals surface area contributed by atoms with Crippen LogP contribution >= 0.6 is 0 Å². The van der Waals surface area contributed by atoms with Crippen molar-refractivity contribution in [2.24, 2.45) is 0 Å². The summed E-state index contributed by atoms with van der Waals surface area (Å²) in [6, 6.07) is 16.8. The van der Waals surface area contributed by atoms with Crippen molar-refractivity contribution in [2.45, 2.75) is 18.5 Å². The SMILES string of the molecule is ON[C@H]1CN(Cc2ccccc2)C[C@@H]1c1ccccc1F. The Balaban J connectivity index is 1.76. The Morgan fingerprint density at radius 2 is 1.76 bits per heavy atom. The number of hydroxylamine groups is 1. The molecule has 2 aromatic rings. The average molecular weight is 286 g/mol. The van der Waals surface area contributed by atoms with E-state index in [1.807, 2.05) is 24.3 Å². The highest BCUT2D eigenvalue weighted by Crippen LogP contribution is 2.30. The Labute approximate surface area is 124 Å². The molecular weight excluding hydrogens is 267 g/mol. The van der Waals surface area contributed by atoms with Crippen molar-refractivity contribution in [3.05, 3.63) is 71.5 Å². The molecule has 0 aliphatic carbocycles. The Morgan fingerprint density at radius 1 is 1.05 bits per heavy atom. The van der Waals surface area contributed by atoms with Crippen molar-refractivity contribution in [3.8, 4) is 0 Å². The van der Waals surface area contributed by atoms with E-state index in [4.69, 9.17) is 0 Å². The maximum absolute atomic E-state index is 14.0.